The van der Waals surface area contributed by atoms with Crippen LogP contribution >= 0.6 is 21.6 Å². The van der Waals surface area contributed by atoms with Gasteiger partial charge in [0.05, 0.1) is 6.54 Å². The number of hydrogen-bond donors (Lipinski definition) is 2. The van der Waals surface area contributed by atoms with Crippen LogP contribution < -0.4 is 5.73 Å². The minimum atomic E-state index is 0.0444. The van der Waals surface area contributed by atoms with Crippen LogP contribution in [0.5, 0.6) is 0 Å². The van der Waals surface area contributed by atoms with Crippen LogP contribution in [0.15, 0.2) is 16.8 Å². The summed E-state index contributed by atoms with van der Waals surface area (Å²) < 4.78 is 0. The summed E-state index contributed by atoms with van der Waals surface area (Å²) in [7, 11) is 3.12. The van der Waals surface area contributed by atoms with Crippen LogP contribution in [-0.2, 0) is 11.3 Å². The van der Waals surface area contributed by atoms with Crippen LogP contribution in [0.2, 0.25) is 0 Å². The molecule has 1 aromatic rings. The van der Waals surface area contributed by atoms with Gasteiger partial charge in [-0.1, -0.05) is 21.6 Å². The third-order valence-corrected chi connectivity index (χ3v) is 4.81. The predicted octanol–water partition coefficient (Wildman–Crippen LogP) is 1.95. The number of allylic oxidation sites excluding steroid dienone is 1. The van der Waals surface area contributed by atoms with E-state index in [1.54, 1.807) is 39.6 Å². The van der Waals surface area contributed by atoms with E-state index in [1.165, 1.54) is 0 Å². The van der Waals surface area contributed by atoms with Crippen molar-refractivity contribution >= 4 is 33.8 Å². The lowest BCUT2D eigenvalue weighted by atomic mass is 10.2. The molecule has 1 amide bonds. The number of anilines is 1. The van der Waals surface area contributed by atoms with Crippen LogP contribution in [0.4, 0.5) is 5.82 Å². The van der Waals surface area contributed by atoms with Gasteiger partial charge in [-0.15, -0.1) is 0 Å². The normalized spacial score (nSPS) is 12.0. The Kier molecular flexibility index (Phi) is 7.55. The highest BCUT2D eigenvalue weighted by Crippen LogP contribution is 2.33. The van der Waals surface area contributed by atoms with Crippen LogP contribution in [0.25, 0.3) is 0 Å². The van der Waals surface area contributed by atoms with Gasteiger partial charge in [-0.05, 0) is 20.1 Å². The molecular formula is C13H20N4O2S2. The number of rotatable bonds is 8. The first-order valence-corrected chi connectivity index (χ1v) is 8.90. The molecule has 0 unspecified atom stereocenters. The molecule has 0 radical (unpaired) electrons. The highest BCUT2D eigenvalue weighted by Gasteiger charge is 2.13. The van der Waals surface area contributed by atoms with Crippen LogP contribution in [0.1, 0.15) is 24.7 Å². The summed E-state index contributed by atoms with van der Waals surface area (Å²) in [4.78, 5) is 22.1. The lowest BCUT2D eigenvalue weighted by molar-refractivity contribution is -0.116. The molecule has 6 nitrogen and oxygen atoms in total. The molecule has 116 valence electrons. The molecule has 1 rings (SSSR count). The number of hydrogen-bond acceptors (Lipinski definition) is 7. The molecule has 1 heterocycles. The molecule has 0 saturated carbocycles. The molecule has 8 heteroatoms. The number of nitrogens with zero attached hydrogens (tertiary/aromatic N) is 3. The lowest BCUT2D eigenvalue weighted by Crippen LogP contribution is -2.21. The first kappa shape index (κ1) is 17.8. The van der Waals surface area contributed by atoms with E-state index in [2.05, 4.69) is 9.97 Å². The van der Waals surface area contributed by atoms with E-state index < -0.39 is 0 Å². The number of carbonyl (C=O) groups is 1. The minimum Gasteiger partial charge on any atom is -0.396 e. The molecule has 0 aromatic carbocycles. The summed E-state index contributed by atoms with van der Waals surface area (Å²) in [6.07, 6.45) is 4.86. The second kappa shape index (κ2) is 8.91. The van der Waals surface area contributed by atoms with Gasteiger partial charge in [0.1, 0.15) is 11.6 Å². The summed E-state index contributed by atoms with van der Waals surface area (Å²) in [5, 5.41) is 9.13. The van der Waals surface area contributed by atoms with E-state index in [4.69, 9.17) is 10.8 Å². The summed E-state index contributed by atoms with van der Waals surface area (Å²) in [6.45, 7) is 3.97. The number of amides is 1. The van der Waals surface area contributed by atoms with Crippen molar-refractivity contribution in [3.8, 4) is 0 Å². The van der Waals surface area contributed by atoms with Crippen molar-refractivity contribution in [2.45, 2.75) is 26.8 Å². The van der Waals surface area contributed by atoms with Crippen molar-refractivity contribution < 1.29 is 9.90 Å². The number of nitrogens with two attached hydrogens (primary N) is 1. The second-order valence-corrected chi connectivity index (χ2v) is 6.79. The summed E-state index contributed by atoms with van der Waals surface area (Å²) in [5.74, 6) is 0.975. The fourth-order valence-corrected chi connectivity index (χ4v) is 3.53. The number of nitrogen functional groups attached to an aromatic ring is 1. The van der Waals surface area contributed by atoms with Crippen molar-refractivity contribution in [1.29, 1.82) is 0 Å². The Bertz CT molecular complexity index is 515. The Morgan fingerprint density at radius 1 is 1.57 bits per heavy atom. The second-order valence-electron chi connectivity index (χ2n) is 4.29. The van der Waals surface area contributed by atoms with Gasteiger partial charge in [-0.25, -0.2) is 9.97 Å². The Balaban J connectivity index is 3.00. The molecule has 0 bridgehead atoms. The molecule has 0 aliphatic heterocycles. The van der Waals surface area contributed by atoms with Gasteiger partial charge in [-0.2, -0.15) is 0 Å². The van der Waals surface area contributed by atoms with E-state index in [0.29, 0.717) is 30.2 Å². The molecule has 0 spiro atoms. The number of carbonyl (C=O) groups excluding carboxylic acids is 1. The molecule has 0 fully saturated rings. The molecule has 21 heavy (non-hydrogen) atoms. The summed E-state index contributed by atoms with van der Waals surface area (Å²) >= 11 is 0. The topological polar surface area (TPSA) is 92.3 Å². The highest BCUT2D eigenvalue weighted by atomic mass is 33.1. The Morgan fingerprint density at radius 3 is 2.81 bits per heavy atom. The molecule has 0 saturated heterocycles. The van der Waals surface area contributed by atoms with Crippen molar-refractivity contribution in [2.75, 3.05) is 18.6 Å². The maximum absolute atomic E-state index is 11.4. The maximum atomic E-state index is 11.4. The third kappa shape index (κ3) is 5.22. The van der Waals surface area contributed by atoms with Crippen molar-refractivity contribution in [2.24, 2.45) is 0 Å². The largest absolute Gasteiger partial charge is 0.396 e. The van der Waals surface area contributed by atoms with Crippen molar-refractivity contribution in [3.63, 3.8) is 0 Å². The monoisotopic (exact) mass is 328 g/mol. The van der Waals surface area contributed by atoms with Crippen LogP contribution in [0.3, 0.4) is 0 Å². The van der Waals surface area contributed by atoms with Gasteiger partial charge in [0.25, 0.3) is 0 Å². The molecule has 0 aliphatic carbocycles. The average Bonchev–Trinajstić information content (AvgIpc) is 2.45. The lowest BCUT2D eigenvalue weighted by Gasteiger charge is -2.21. The van der Waals surface area contributed by atoms with Crippen LogP contribution in [-0.4, -0.2) is 39.2 Å². The van der Waals surface area contributed by atoms with E-state index in [0.717, 1.165) is 17.0 Å². The predicted molar refractivity (Wildman–Crippen MR) is 88.3 cm³/mol. The average molecular weight is 328 g/mol. The zero-order chi connectivity index (χ0) is 15.8. The first-order chi connectivity index (χ1) is 10.0. The minimum absolute atomic E-state index is 0.0444. The van der Waals surface area contributed by atoms with Gasteiger partial charge >= 0.3 is 0 Å². The number of aromatic nitrogens is 2. The van der Waals surface area contributed by atoms with E-state index >= 15 is 0 Å². The summed E-state index contributed by atoms with van der Waals surface area (Å²) in [6, 6.07) is 0. The first-order valence-electron chi connectivity index (χ1n) is 6.34. The quantitative estimate of drug-likeness (QED) is 0.556. The molecular weight excluding hydrogens is 308 g/mol. The third-order valence-electron chi connectivity index (χ3n) is 2.84. The fourth-order valence-electron chi connectivity index (χ4n) is 1.70. The Labute approximate surface area is 132 Å². The number of aliphatic hydroxyl groups excluding tert-OH is 1. The van der Waals surface area contributed by atoms with Gasteiger partial charge in [0.2, 0.25) is 6.41 Å². The van der Waals surface area contributed by atoms with Crippen LogP contribution in [0, 0.1) is 6.92 Å². The molecule has 1 aromatic heterocycles. The van der Waals surface area contributed by atoms with E-state index in [9.17, 15) is 4.79 Å². The standard InChI is InChI=1S/C13H20N4O2S2/c1-9(12(4-5-18)21-20-3)17(8-19)7-11-6-15-10(2)16-13(11)14/h6,8,18H,4-5,7H2,1-3H3,(H2,14,15,16)/b12-9+. The number of aryl methyl sites for hydroxylation is 1. The van der Waals surface area contributed by atoms with E-state index in [-0.39, 0.29) is 6.61 Å². The molecule has 0 aliphatic rings. The van der Waals surface area contributed by atoms with Gasteiger partial charge in [0, 0.05) is 35.4 Å². The summed E-state index contributed by atoms with van der Waals surface area (Å²) in [5.41, 5.74) is 7.36. The Morgan fingerprint density at radius 2 is 2.29 bits per heavy atom. The van der Waals surface area contributed by atoms with Crippen molar-refractivity contribution in [1.82, 2.24) is 14.9 Å². The molecule has 3 N–H and O–H groups in total. The Hall–Kier alpha value is -1.25. The number of aliphatic hydroxyl groups is 1. The zero-order valence-corrected chi connectivity index (χ0v) is 14.0. The SMILES string of the molecule is CSS/C(CCO)=C(\C)N(C=O)Cc1cnc(C)nc1N. The highest BCUT2D eigenvalue weighted by molar-refractivity contribution is 8.77. The zero-order valence-electron chi connectivity index (χ0n) is 12.4. The van der Waals surface area contributed by atoms with Crippen molar-refractivity contribution in [3.05, 3.63) is 28.2 Å². The fraction of sp³-hybridized carbons (Fsp3) is 0.462. The molecule has 0 atom stereocenters. The maximum Gasteiger partial charge on any atom is 0.214 e. The van der Waals surface area contributed by atoms with Gasteiger partial charge in [-0.3, -0.25) is 4.79 Å². The van der Waals surface area contributed by atoms with Gasteiger partial charge < -0.3 is 15.7 Å². The van der Waals surface area contributed by atoms with Gasteiger partial charge in [0.15, 0.2) is 0 Å². The smallest absolute Gasteiger partial charge is 0.214 e. The van der Waals surface area contributed by atoms with E-state index in [1.807, 2.05) is 13.2 Å².